The molecule has 0 radical (unpaired) electrons. The Hall–Kier alpha value is -3.84. The molecule has 2 aromatic heterocycles. The van der Waals surface area contributed by atoms with Crippen LogP contribution in [0.15, 0.2) is 48.5 Å². The number of carboxylic acids is 2. The number of ether oxygens (including phenoxy) is 2. The van der Waals surface area contributed by atoms with Crippen LogP contribution in [0.5, 0.6) is 0 Å². The minimum Gasteiger partial charge on any atom is -0.478 e. The number of nitrogens with zero attached hydrogens (tertiary/aromatic N) is 2. The van der Waals surface area contributed by atoms with Crippen molar-refractivity contribution in [2.75, 3.05) is 14.2 Å². The lowest BCUT2D eigenvalue weighted by molar-refractivity contribution is 0.0560. The van der Waals surface area contributed by atoms with E-state index in [1.165, 1.54) is 14.2 Å². The lowest BCUT2D eigenvalue weighted by Crippen LogP contribution is -2.09. The first-order chi connectivity index (χ1) is 18.1. The summed E-state index contributed by atoms with van der Waals surface area (Å²) in [5.41, 5.74) is 1.50. The number of aromatic nitrogens is 2. The molecule has 2 heterocycles. The Morgan fingerprint density at radius 3 is 1.47 bits per heavy atom. The minimum atomic E-state index is -1.31. The summed E-state index contributed by atoms with van der Waals surface area (Å²) in [6, 6.07) is 13.1. The highest BCUT2D eigenvalue weighted by atomic mass is 35.5. The third-order valence-corrected chi connectivity index (χ3v) is 6.95. The molecule has 0 bridgehead atoms. The van der Waals surface area contributed by atoms with Crippen LogP contribution in [0.3, 0.4) is 0 Å². The van der Waals surface area contributed by atoms with Gasteiger partial charge in [-0.1, -0.05) is 47.5 Å². The van der Waals surface area contributed by atoms with Crippen LogP contribution in [-0.2, 0) is 9.47 Å². The number of carbonyl (C=O) groups is 4. The Bertz CT molecular complexity index is 1500. The summed E-state index contributed by atoms with van der Waals surface area (Å²) in [5, 5.41) is 19.1. The molecule has 0 saturated heterocycles. The normalized spacial score (nSPS) is 10.2. The fourth-order valence-electron chi connectivity index (χ4n) is 3.06. The smallest absolute Gasteiger partial charge is 0.350 e. The molecule has 38 heavy (non-hydrogen) atoms. The molecule has 0 aliphatic heterocycles. The van der Waals surface area contributed by atoms with Crippen molar-refractivity contribution in [3.8, 4) is 22.5 Å². The zero-order valence-corrected chi connectivity index (χ0v) is 22.6. The molecule has 0 aliphatic rings. The summed E-state index contributed by atoms with van der Waals surface area (Å²) in [7, 11) is 2.48. The zero-order chi connectivity index (χ0) is 28.0. The van der Waals surface area contributed by atoms with E-state index in [9.17, 15) is 19.2 Å². The van der Waals surface area contributed by atoms with E-state index in [1.54, 1.807) is 48.5 Å². The summed E-state index contributed by atoms with van der Waals surface area (Å²) in [4.78, 5) is 45.4. The van der Waals surface area contributed by atoms with Crippen LogP contribution in [-0.4, -0.2) is 57.1 Å². The molecule has 0 aliphatic carbocycles. The number of carboxylic acid groups (broad SMARTS) is 2. The minimum absolute atomic E-state index is 0.103. The van der Waals surface area contributed by atoms with E-state index in [-0.39, 0.29) is 26.6 Å². The van der Waals surface area contributed by atoms with Gasteiger partial charge in [-0.3, -0.25) is 0 Å². The van der Waals surface area contributed by atoms with Gasteiger partial charge in [0.05, 0.1) is 25.6 Å². The third kappa shape index (κ3) is 6.34. The SMILES string of the molecule is COC(=O)c1snc(-c2ccc(Cl)cc2)c1C(=O)OC.O=C(O)c1snc(-c2ccc(Cl)cc2)c1C(=O)O. The van der Waals surface area contributed by atoms with Gasteiger partial charge in [0.15, 0.2) is 0 Å². The maximum atomic E-state index is 11.9. The highest BCUT2D eigenvalue weighted by Gasteiger charge is 2.27. The number of hydrogen-bond acceptors (Lipinski definition) is 10. The Kier molecular flexibility index (Phi) is 9.53. The molecular formula is C24H16Cl2N2O8S2. The lowest BCUT2D eigenvalue weighted by atomic mass is 10.1. The Balaban J connectivity index is 0.000000212. The molecule has 14 heteroatoms. The monoisotopic (exact) mass is 594 g/mol. The number of esters is 2. The average Bonchev–Trinajstić information content (AvgIpc) is 3.55. The molecule has 0 fully saturated rings. The van der Waals surface area contributed by atoms with E-state index in [2.05, 4.69) is 13.5 Å². The van der Waals surface area contributed by atoms with Crippen LogP contribution >= 0.6 is 46.3 Å². The summed E-state index contributed by atoms with van der Waals surface area (Å²) in [6.45, 7) is 0. The predicted molar refractivity (Wildman–Crippen MR) is 142 cm³/mol. The van der Waals surface area contributed by atoms with Gasteiger partial charge in [0.2, 0.25) is 0 Å². The van der Waals surface area contributed by atoms with Gasteiger partial charge in [-0.15, -0.1) is 0 Å². The molecule has 2 aromatic carbocycles. The van der Waals surface area contributed by atoms with Crippen molar-refractivity contribution in [2.24, 2.45) is 0 Å². The molecule has 196 valence electrons. The molecule has 4 aromatic rings. The van der Waals surface area contributed by atoms with Gasteiger partial charge >= 0.3 is 23.9 Å². The van der Waals surface area contributed by atoms with Gasteiger partial charge in [-0.05, 0) is 47.3 Å². The van der Waals surface area contributed by atoms with E-state index < -0.39 is 23.9 Å². The van der Waals surface area contributed by atoms with Crippen LogP contribution in [0.25, 0.3) is 22.5 Å². The summed E-state index contributed by atoms with van der Waals surface area (Å²) in [6.07, 6.45) is 0. The second kappa shape index (κ2) is 12.6. The van der Waals surface area contributed by atoms with Gasteiger partial charge < -0.3 is 19.7 Å². The Labute approximate surface area is 233 Å². The zero-order valence-electron chi connectivity index (χ0n) is 19.4. The van der Waals surface area contributed by atoms with Crippen LogP contribution in [0.2, 0.25) is 10.0 Å². The third-order valence-electron chi connectivity index (χ3n) is 4.79. The largest absolute Gasteiger partial charge is 0.478 e. The van der Waals surface area contributed by atoms with Gasteiger partial charge in [0.1, 0.15) is 20.9 Å². The molecule has 0 spiro atoms. The van der Waals surface area contributed by atoms with Crippen molar-refractivity contribution in [1.82, 2.24) is 8.75 Å². The van der Waals surface area contributed by atoms with Crippen molar-refractivity contribution in [1.29, 1.82) is 0 Å². The topological polar surface area (TPSA) is 153 Å². The molecule has 0 amide bonds. The molecule has 0 unspecified atom stereocenters. The van der Waals surface area contributed by atoms with Gasteiger partial charge in [0.25, 0.3) is 0 Å². The molecule has 0 saturated carbocycles. The maximum absolute atomic E-state index is 11.9. The highest BCUT2D eigenvalue weighted by Crippen LogP contribution is 2.31. The predicted octanol–water partition coefficient (Wildman–Crippen LogP) is 5.90. The van der Waals surface area contributed by atoms with E-state index in [0.717, 1.165) is 11.5 Å². The van der Waals surface area contributed by atoms with Crippen molar-refractivity contribution in [3.63, 3.8) is 0 Å². The lowest BCUT2D eigenvalue weighted by Gasteiger charge is -2.03. The van der Waals surface area contributed by atoms with Crippen molar-refractivity contribution in [2.45, 2.75) is 0 Å². The number of carbonyl (C=O) groups excluding carboxylic acids is 2. The second-order valence-corrected chi connectivity index (χ2v) is 9.50. The van der Waals surface area contributed by atoms with Gasteiger partial charge in [-0.25, -0.2) is 19.2 Å². The van der Waals surface area contributed by atoms with Crippen LogP contribution in [0, 0.1) is 0 Å². The first-order valence-electron chi connectivity index (χ1n) is 10.2. The van der Waals surface area contributed by atoms with E-state index in [1.807, 2.05) is 0 Å². The van der Waals surface area contributed by atoms with Gasteiger partial charge in [0, 0.05) is 21.2 Å². The van der Waals surface area contributed by atoms with Crippen LogP contribution in [0.4, 0.5) is 0 Å². The number of halogens is 2. The maximum Gasteiger partial charge on any atom is 0.350 e. The number of rotatable bonds is 6. The quantitative estimate of drug-likeness (QED) is 0.258. The van der Waals surface area contributed by atoms with Crippen LogP contribution < -0.4 is 0 Å². The fraction of sp³-hybridized carbons (Fsp3) is 0.0833. The Morgan fingerprint density at radius 2 is 1.08 bits per heavy atom. The van der Waals surface area contributed by atoms with Crippen molar-refractivity contribution >= 4 is 70.1 Å². The molecule has 4 rings (SSSR count). The van der Waals surface area contributed by atoms with E-state index in [0.29, 0.717) is 38.4 Å². The first-order valence-corrected chi connectivity index (χ1v) is 12.5. The average molecular weight is 595 g/mol. The standard InChI is InChI=1S/C13H10ClNO4S.C11H6ClNO4S/c1-18-12(16)9-10(7-3-5-8(14)6-4-7)15-20-11(9)13(17)19-2;12-6-3-1-5(2-4-6)8-7(10(14)15)9(11(16)17)18-13-8/h3-6H,1-2H3;1-4H,(H,14,15)(H,16,17). The molecule has 2 N–H and O–H groups in total. The summed E-state index contributed by atoms with van der Waals surface area (Å²) in [5.74, 6) is -3.87. The molecule has 10 nitrogen and oxygen atoms in total. The number of aromatic carboxylic acids is 2. The fourth-order valence-corrected chi connectivity index (χ4v) is 4.85. The van der Waals surface area contributed by atoms with Crippen LogP contribution in [0.1, 0.15) is 40.1 Å². The molecule has 0 atom stereocenters. The Morgan fingerprint density at radius 1 is 0.658 bits per heavy atom. The summed E-state index contributed by atoms with van der Waals surface area (Å²) >= 11 is 13.1. The highest BCUT2D eigenvalue weighted by molar-refractivity contribution is 7.09. The number of benzene rings is 2. The number of hydrogen-bond donors (Lipinski definition) is 2. The van der Waals surface area contributed by atoms with E-state index in [4.69, 9.17) is 38.2 Å². The van der Waals surface area contributed by atoms with Crippen molar-refractivity contribution < 1.29 is 38.9 Å². The number of methoxy groups -OCH3 is 2. The first kappa shape index (κ1) is 28.7. The summed E-state index contributed by atoms with van der Waals surface area (Å²) < 4.78 is 17.4. The van der Waals surface area contributed by atoms with Crippen molar-refractivity contribution in [3.05, 3.63) is 79.5 Å². The van der Waals surface area contributed by atoms with E-state index >= 15 is 0 Å². The van der Waals surface area contributed by atoms with Gasteiger partial charge in [-0.2, -0.15) is 8.75 Å². The second-order valence-electron chi connectivity index (χ2n) is 7.08. The molecular weight excluding hydrogens is 579 g/mol.